The molecule has 0 unspecified atom stereocenters. The normalized spacial score (nSPS) is 8.67. The van der Waals surface area contributed by atoms with Gasteiger partial charge in [-0.25, -0.2) is 9.78 Å². The number of nitrogens with one attached hydrogen (secondary N) is 1. The summed E-state index contributed by atoms with van der Waals surface area (Å²) in [5, 5.41) is 8.19. The van der Waals surface area contributed by atoms with E-state index in [2.05, 4.69) is 9.97 Å². The van der Waals surface area contributed by atoms with Gasteiger partial charge in [-0.15, -0.1) is 0 Å². The Hall–Kier alpha value is -1.66. The zero-order chi connectivity index (χ0) is 7.40. The molecule has 1 heterocycles. The van der Waals surface area contributed by atoms with Crippen LogP contribution < -0.4 is 0 Å². The lowest BCUT2D eigenvalue weighted by atomic mass is 10.4. The fourth-order valence-corrected chi connectivity index (χ4v) is 0.519. The highest BCUT2D eigenvalue weighted by Crippen LogP contribution is 1.92. The van der Waals surface area contributed by atoms with Gasteiger partial charge < -0.3 is 21.0 Å². The molecule has 1 rings (SSSR count). The van der Waals surface area contributed by atoms with Crippen molar-refractivity contribution in [2.45, 2.75) is 0 Å². The molecule has 0 aliphatic heterocycles. The first-order chi connectivity index (χ1) is 4.79. The molecule has 0 amide bonds. The van der Waals surface area contributed by atoms with Crippen molar-refractivity contribution in [1.82, 2.24) is 9.97 Å². The van der Waals surface area contributed by atoms with E-state index < -0.39 is 5.97 Å². The molecule has 0 saturated heterocycles. The third kappa shape index (κ3) is 4.20. The van der Waals surface area contributed by atoms with Gasteiger partial charge in [-0.3, -0.25) is 0 Å². The van der Waals surface area contributed by atoms with Crippen molar-refractivity contribution in [2.75, 3.05) is 0 Å². The molecule has 0 fully saturated rings. The quantitative estimate of drug-likeness (QED) is 0.549. The van der Waals surface area contributed by atoms with Crippen LogP contribution in [0.3, 0.4) is 0 Å². The number of carboxylic acids is 1. The lowest BCUT2D eigenvalue weighted by molar-refractivity contribution is -0.131. The molecule has 6 heteroatoms. The molecule has 0 radical (unpaired) electrons. The Kier molecular flexibility index (Phi) is 6.57. The van der Waals surface area contributed by atoms with E-state index in [0.29, 0.717) is 5.69 Å². The minimum atomic E-state index is -0.963. The maximum Gasteiger partial charge on any atom is 0.328 e. The smallest absolute Gasteiger partial charge is 0.328 e. The lowest BCUT2D eigenvalue weighted by Gasteiger charge is -1.79. The molecule has 0 aliphatic carbocycles. The van der Waals surface area contributed by atoms with Crippen LogP contribution in [0.1, 0.15) is 5.69 Å². The SMILES string of the molecule is O.O.O=C(O)C=Cc1cnc[nH]1. The third-order valence-electron chi connectivity index (χ3n) is 0.925. The van der Waals surface area contributed by atoms with E-state index in [1.807, 2.05) is 0 Å². The first kappa shape index (κ1) is 13.0. The third-order valence-corrected chi connectivity index (χ3v) is 0.925. The van der Waals surface area contributed by atoms with Crippen molar-refractivity contribution in [1.29, 1.82) is 0 Å². The number of hydrogen-bond donors (Lipinski definition) is 2. The summed E-state index contributed by atoms with van der Waals surface area (Å²) in [5.41, 5.74) is 0.683. The predicted molar refractivity (Wildman–Crippen MR) is 42.5 cm³/mol. The second kappa shape index (κ2) is 6.08. The van der Waals surface area contributed by atoms with Crippen LogP contribution >= 0.6 is 0 Å². The van der Waals surface area contributed by atoms with Crippen LogP contribution in [0.25, 0.3) is 6.08 Å². The highest BCUT2D eigenvalue weighted by molar-refractivity contribution is 5.84. The standard InChI is InChI=1S/C6H6N2O2.2H2O/c9-6(10)2-1-5-3-7-4-8-5;;/h1-4H,(H,7,8)(H,9,10);2*1H2. The van der Waals surface area contributed by atoms with Gasteiger partial charge in [0.1, 0.15) is 0 Å². The van der Waals surface area contributed by atoms with Crippen molar-refractivity contribution >= 4 is 12.0 Å². The number of aromatic amines is 1. The van der Waals surface area contributed by atoms with Gasteiger partial charge in [-0.05, 0) is 6.08 Å². The number of nitrogens with zero attached hydrogens (tertiary/aromatic N) is 1. The average Bonchev–Trinajstić information content (AvgIpc) is 2.34. The molecule has 0 aliphatic rings. The van der Waals surface area contributed by atoms with Crippen LogP contribution in [0.15, 0.2) is 18.6 Å². The fraction of sp³-hybridized carbons (Fsp3) is 0. The summed E-state index contributed by atoms with van der Waals surface area (Å²) in [6, 6.07) is 0. The molecule has 1 aromatic heterocycles. The monoisotopic (exact) mass is 174 g/mol. The highest BCUT2D eigenvalue weighted by atomic mass is 16.4. The first-order valence-electron chi connectivity index (χ1n) is 2.68. The number of rotatable bonds is 2. The molecule has 12 heavy (non-hydrogen) atoms. The van der Waals surface area contributed by atoms with E-state index in [1.54, 1.807) is 6.20 Å². The minimum Gasteiger partial charge on any atom is -0.478 e. The number of H-pyrrole nitrogens is 1. The van der Waals surface area contributed by atoms with E-state index in [1.165, 1.54) is 12.4 Å². The van der Waals surface area contributed by atoms with Gasteiger partial charge in [0.25, 0.3) is 0 Å². The molecular formula is C6H10N2O4. The minimum absolute atomic E-state index is 0. The van der Waals surface area contributed by atoms with Crippen LogP contribution in [0.2, 0.25) is 0 Å². The van der Waals surface area contributed by atoms with Gasteiger partial charge in [0, 0.05) is 6.08 Å². The summed E-state index contributed by atoms with van der Waals surface area (Å²) in [4.78, 5) is 16.4. The fourth-order valence-electron chi connectivity index (χ4n) is 0.519. The summed E-state index contributed by atoms with van der Waals surface area (Å²) in [7, 11) is 0. The van der Waals surface area contributed by atoms with E-state index in [-0.39, 0.29) is 11.0 Å². The Morgan fingerprint density at radius 2 is 2.25 bits per heavy atom. The molecule has 6 N–H and O–H groups in total. The van der Waals surface area contributed by atoms with Gasteiger partial charge in [0.2, 0.25) is 0 Å². The first-order valence-corrected chi connectivity index (χ1v) is 2.68. The number of hydrogen-bond acceptors (Lipinski definition) is 2. The highest BCUT2D eigenvalue weighted by Gasteiger charge is 1.87. The summed E-state index contributed by atoms with van der Waals surface area (Å²) in [6.07, 6.45) is 5.52. The van der Waals surface area contributed by atoms with Crippen LogP contribution in [0.5, 0.6) is 0 Å². The van der Waals surface area contributed by atoms with Crippen molar-refractivity contribution in [3.63, 3.8) is 0 Å². The van der Waals surface area contributed by atoms with E-state index in [9.17, 15) is 4.79 Å². The molecule has 0 atom stereocenters. The Bertz CT molecular complexity index is 242. The molecule has 6 nitrogen and oxygen atoms in total. The molecular weight excluding hydrogens is 164 g/mol. The van der Waals surface area contributed by atoms with E-state index in [4.69, 9.17) is 5.11 Å². The summed E-state index contributed by atoms with van der Waals surface area (Å²) in [6.45, 7) is 0. The second-order valence-corrected chi connectivity index (χ2v) is 1.68. The summed E-state index contributed by atoms with van der Waals surface area (Å²) in [5.74, 6) is -0.963. The number of carbonyl (C=O) groups is 1. The van der Waals surface area contributed by atoms with Gasteiger partial charge in [0.15, 0.2) is 0 Å². The lowest BCUT2D eigenvalue weighted by Crippen LogP contribution is -1.85. The van der Waals surface area contributed by atoms with Crippen molar-refractivity contribution in [2.24, 2.45) is 0 Å². The topological polar surface area (TPSA) is 129 Å². The summed E-state index contributed by atoms with van der Waals surface area (Å²) >= 11 is 0. The Morgan fingerprint density at radius 3 is 2.67 bits per heavy atom. The van der Waals surface area contributed by atoms with E-state index in [0.717, 1.165) is 6.08 Å². The van der Waals surface area contributed by atoms with Crippen LogP contribution in [0, 0.1) is 0 Å². The largest absolute Gasteiger partial charge is 0.478 e. The van der Waals surface area contributed by atoms with Gasteiger partial charge >= 0.3 is 5.97 Å². The number of carboxylic acid groups (broad SMARTS) is 1. The maximum absolute atomic E-state index is 9.97. The summed E-state index contributed by atoms with van der Waals surface area (Å²) < 4.78 is 0. The molecule has 0 bridgehead atoms. The van der Waals surface area contributed by atoms with Crippen LogP contribution in [-0.4, -0.2) is 32.0 Å². The van der Waals surface area contributed by atoms with Crippen molar-refractivity contribution in [3.05, 3.63) is 24.3 Å². The van der Waals surface area contributed by atoms with Crippen LogP contribution in [-0.2, 0) is 4.79 Å². The van der Waals surface area contributed by atoms with E-state index >= 15 is 0 Å². The zero-order valence-corrected chi connectivity index (χ0v) is 6.11. The zero-order valence-electron chi connectivity index (χ0n) is 6.11. The number of aromatic nitrogens is 2. The Labute approximate surface area is 68.2 Å². The number of aliphatic carboxylic acids is 1. The molecule has 1 aromatic rings. The van der Waals surface area contributed by atoms with Gasteiger partial charge in [-0.2, -0.15) is 0 Å². The van der Waals surface area contributed by atoms with Crippen molar-refractivity contribution < 1.29 is 20.9 Å². The van der Waals surface area contributed by atoms with Crippen LogP contribution in [0.4, 0.5) is 0 Å². The second-order valence-electron chi connectivity index (χ2n) is 1.68. The predicted octanol–water partition coefficient (Wildman–Crippen LogP) is -1.14. The molecule has 68 valence electrons. The molecule has 0 aromatic carbocycles. The average molecular weight is 174 g/mol. The maximum atomic E-state index is 9.97. The van der Waals surface area contributed by atoms with Gasteiger partial charge in [-0.1, -0.05) is 0 Å². The van der Waals surface area contributed by atoms with Gasteiger partial charge in [0.05, 0.1) is 18.2 Å². The molecule has 0 saturated carbocycles. The number of imidazole rings is 1. The Morgan fingerprint density at radius 1 is 1.58 bits per heavy atom. The van der Waals surface area contributed by atoms with Crippen molar-refractivity contribution in [3.8, 4) is 0 Å². The Balaban J connectivity index is 0. The molecule has 0 spiro atoms.